The highest BCUT2D eigenvalue weighted by Gasteiger charge is 2.02. The first-order valence-corrected chi connectivity index (χ1v) is 5.86. The van der Waals surface area contributed by atoms with Crippen LogP contribution in [-0.4, -0.2) is 12.1 Å². The van der Waals surface area contributed by atoms with Gasteiger partial charge in [0.05, 0.1) is 24.4 Å². The van der Waals surface area contributed by atoms with Gasteiger partial charge in [-0.05, 0) is 31.2 Å². The topological polar surface area (TPSA) is 55.1 Å². The molecule has 1 heterocycles. The highest BCUT2D eigenvalue weighted by Crippen LogP contribution is 2.16. The molecule has 0 atom stereocenters. The molecule has 96 valence electrons. The van der Waals surface area contributed by atoms with E-state index < -0.39 is 0 Å². The molecular weight excluding hydrogens is 240 g/mol. The first-order valence-electron chi connectivity index (χ1n) is 5.86. The van der Waals surface area contributed by atoms with E-state index in [2.05, 4.69) is 11.1 Å². The van der Waals surface area contributed by atoms with Gasteiger partial charge in [0.2, 0.25) is 0 Å². The van der Waals surface area contributed by atoms with Gasteiger partial charge in [-0.15, -0.1) is 0 Å². The van der Waals surface area contributed by atoms with E-state index in [4.69, 9.17) is 14.7 Å². The van der Waals surface area contributed by atoms with E-state index in [1.165, 1.54) is 0 Å². The van der Waals surface area contributed by atoms with Crippen molar-refractivity contribution in [1.82, 2.24) is 4.98 Å². The minimum Gasteiger partial charge on any atom is -0.497 e. The number of benzene rings is 1. The van der Waals surface area contributed by atoms with Crippen LogP contribution in [-0.2, 0) is 6.61 Å². The van der Waals surface area contributed by atoms with Gasteiger partial charge >= 0.3 is 0 Å². The highest BCUT2D eigenvalue weighted by atomic mass is 16.5. The molecule has 2 rings (SSSR count). The molecule has 0 aliphatic rings. The Balaban J connectivity index is 2.05. The van der Waals surface area contributed by atoms with Crippen LogP contribution in [0, 0.1) is 18.3 Å². The number of nitriles is 1. The van der Waals surface area contributed by atoms with E-state index >= 15 is 0 Å². The van der Waals surface area contributed by atoms with E-state index in [-0.39, 0.29) is 0 Å². The van der Waals surface area contributed by atoms with Crippen LogP contribution in [0.15, 0.2) is 36.4 Å². The summed E-state index contributed by atoms with van der Waals surface area (Å²) in [5.74, 6) is 1.48. The number of aryl methyl sites for hydroxylation is 1. The third-order valence-corrected chi connectivity index (χ3v) is 2.59. The largest absolute Gasteiger partial charge is 0.497 e. The quantitative estimate of drug-likeness (QED) is 0.841. The predicted molar refractivity (Wildman–Crippen MR) is 71.0 cm³/mol. The molecule has 0 amide bonds. The number of rotatable bonds is 4. The molecule has 0 saturated heterocycles. The normalized spacial score (nSPS) is 9.74. The number of nitrogens with zero attached hydrogens (tertiary/aromatic N) is 2. The van der Waals surface area contributed by atoms with E-state index in [1.807, 2.05) is 19.1 Å². The smallest absolute Gasteiger partial charge is 0.130 e. The van der Waals surface area contributed by atoms with Crippen LogP contribution >= 0.6 is 0 Å². The van der Waals surface area contributed by atoms with Crippen molar-refractivity contribution in [3.05, 3.63) is 53.3 Å². The molecule has 0 unspecified atom stereocenters. The lowest BCUT2D eigenvalue weighted by molar-refractivity contribution is 0.300. The molecule has 0 N–H and O–H groups in total. The Morgan fingerprint density at radius 2 is 1.89 bits per heavy atom. The average Bonchev–Trinajstić information content (AvgIpc) is 2.45. The summed E-state index contributed by atoms with van der Waals surface area (Å²) in [6.07, 6.45) is 0. The third-order valence-electron chi connectivity index (χ3n) is 2.59. The summed E-state index contributed by atoms with van der Waals surface area (Å²) in [6, 6.07) is 12.8. The first kappa shape index (κ1) is 12.9. The van der Waals surface area contributed by atoms with E-state index in [0.717, 1.165) is 17.1 Å². The summed E-state index contributed by atoms with van der Waals surface area (Å²) in [4.78, 5) is 4.37. The third kappa shape index (κ3) is 3.46. The number of methoxy groups -OCH3 is 1. The van der Waals surface area contributed by atoms with Crippen LogP contribution in [0.3, 0.4) is 0 Å². The van der Waals surface area contributed by atoms with Crippen molar-refractivity contribution in [2.45, 2.75) is 13.5 Å². The van der Waals surface area contributed by atoms with Gasteiger partial charge in [0.15, 0.2) is 0 Å². The van der Waals surface area contributed by atoms with Gasteiger partial charge in [-0.1, -0.05) is 0 Å². The number of aromatic nitrogens is 1. The summed E-state index contributed by atoms with van der Waals surface area (Å²) in [5, 5.41) is 8.71. The zero-order chi connectivity index (χ0) is 13.7. The second kappa shape index (κ2) is 5.87. The SMILES string of the molecule is COc1cc(C)nc(COc2ccc(C#N)cc2)c1. The van der Waals surface area contributed by atoms with Crippen molar-refractivity contribution in [2.75, 3.05) is 7.11 Å². The minimum absolute atomic E-state index is 0.365. The Bertz CT molecular complexity index is 601. The van der Waals surface area contributed by atoms with Crippen LogP contribution < -0.4 is 9.47 Å². The second-order valence-electron chi connectivity index (χ2n) is 4.06. The fourth-order valence-corrected chi connectivity index (χ4v) is 1.68. The molecule has 0 aliphatic heterocycles. The monoisotopic (exact) mass is 254 g/mol. The van der Waals surface area contributed by atoms with Crippen LogP contribution in [0.2, 0.25) is 0 Å². The molecule has 19 heavy (non-hydrogen) atoms. The van der Waals surface area contributed by atoms with Crippen molar-refractivity contribution in [3.8, 4) is 17.6 Å². The van der Waals surface area contributed by atoms with Crippen LogP contribution in [0.1, 0.15) is 17.0 Å². The molecule has 0 spiro atoms. The molecule has 4 heteroatoms. The molecule has 4 nitrogen and oxygen atoms in total. The summed E-state index contributed by atoms with van der Waals surface area (Å²) >= 11 is 0. The fraction of sp³-hybridized carbons (Fsp3) is 0.200. The number of hydrogen-bond acceptors (Lipinski definition) is 4. The van der Waals surface area contributed by atoms with E-state index in [0.29, 0.717) is 17.9 Å². The first-order chi connectivity index (χ1) is 9.21. The Morgan fingerprint density at radius 3 is 2.53 bits per heavy atom. The summed E-state index contributed by atoms with van der Waals surface area (Å²) in [7, 11) is 1.63. The maximum absolute atomic E-state index is 8.71. The van der Waals surface area contributed by atoms with Crippen molar-refractivity contribution < 1.29 is 9.47 Å². The standard InChI is InChI=1S/C15H14N2O2/c1-11-7-15(18-2)8-13(17-11)10-19-14-5-3-12(9-16)4-6-14/h3-8H,10H2,1-2H3. The molecule has 0 aliphatic carbocycles. The lowest BCUT2D eigenvalue weighted by Gasteiger charge is -2.08. The summed E-state index contributed by atoms with van der Waals surface area (Å²) in [5.41, 5.74) is 2.31. The molecule has 0 bridgehead atoms. The van der Waals surface area contributed by atoms with Crippen molar-refractivity contribution >= 4 is 0 Å². The molecule has 1 aromatic carbocycles. The fourth-order valence-electron chi connectivity index (χ4n) is 1.68. The molecule has 2 aromatic rings. The molecule has 1 aromatic heterocycles. The zero-order valence-electron chi connectivity index (χ0n) is 10.9. The lowest BCUT2D eigenvalue weighted by Crippen LogP contribution is -2.00. The van der Waals surface area contributed by atoms with Crippen molar-refractivity contribution in [3.63, 3.8) is 0 Å². The van der Waals surface area contributed by atoms with Crippen molar-refractivity contribution in [2.24, 2.45) is 0 Å². The van der Waals surface area contributed by atoms with Gasteiger partial charge in [-0.3, -0.25) is 4.98 Å². The second-order valence-corrected chi connectivity index (χ2v) is 4.06. The molecular formula is C15H14N2O2. The maximum Gasteiger partial charge on any atom is 0.130 e. The molecule has 0 saturated carbocycles. The Hall–Kier alpha value is -2.54. The molecule has 0 fully saturated rings. The van der Waals surface area contributed by atoms with Gasteiger partial charge in [-0.2, -0.15) is 5.26 Å². The number of pyridine rings is 1. The Labute approximate surface area is 112 Å². The minimum atomic E-state index is 0.365. The zero-order valence-corrected chi connectivity index (χ0v) is 10.9. The van der Waals surface area contributed by atoms with Gasteiger partial charge in [0, 0.05) is 17.8 Å². The number of ether oxygens (including phenoxy) is 2. The highest BCUT2D eigenvalue weighted by molar-refractivity contribution is 5.34. The summed E-state index contributed by atoms with van der Waals surface area (Å²) < 4.78 is 10.8. The Kier molecular flexibility index (Phi) is 3.99. The van der Waals surface area contributed by atoms with E-state index in [9.17, 15) is 0 Å². The maximum atomic E-state index is 8.71. The van der Waals surface area contributed by atoms with Gasteiger partial charge in [0.1, 0.15) is 18.1 Å². The van der Waals surface area contributed by atoms with Crippen LogP contribution in [0.25, 0.3) is 0 Å². The Morgan fingerprint density at radius 1 is 1.16 bits per heavy atom. The van der Waals surface area contributed by atoms with E-state index in [1.54, 1.807) is 31.4 Å². The van der Waals surface area contributed by atoms with Gasteiger partial charge in [0.25, 0.3) is 0 Å². The lowest BCUT2D eigenvalue weighted by atomic mass is 10.2. The van der Waals surface area contributed by atoms with Gasteiger partial charge < -0.3 is 9.47 Å². The summed E-state index contributed by atoms with van der Waals surface area (Å²) in [6.45, 7) is 2.28. The molecule has 0 radical (unpaired) electrons. The van der Waals surface area contributed by atoms with Crippen molar-refractivity contribution in [1.29, 1.82) is 5.26 Å². The number of hydrogen-bond donors (Lipinski definition) is 0. The predicted octanol–water partition coefficient (Wildman–Crippen LogP) is 2.85. The average molecular weight is 254 g/mol. The van der Waals surface area contributed by atoms with Crippen LogP contribution in [0.5, 0.6) is 11.5 Å². The van der Waals surface area contributed by atoms with Crippen LogP contribution in [0.4, 0.5) is 0 Å². The van der Waals surface area contributed by atoms with Gasteiger partial charge in [-0.25, -0.2) is 0 Å².